The maximum absolute atomic E-state index is 12.2. The molecular weight excluding hydrogens is 510 g/mol. The summed E-state index contributed by atoms with van der Waals surface area (Å²) in [5.74, 6) is 1.14. The van der Waals surface area contributed by atoms with E-state index >= 15 is 0 Å². The second-order valence-corrected chi connectivity index (χ2v) is 9.78. The Kier molecular flexibility index (Phi) is 8.69. The molecule has 12 nitrogen and oxygen atoms in total. The number of carbonyl (C=O) groups excluding carboxylic acids is 1. The van der Waals surface area contributed by atoms with Crippen LogP contribution in [0.3, 0.4) is 0 Å². The summed E-state index contributed by atoms with van der Waals surface area (Å²) in [6.45, 7) is 6.22. The minimum atomic E-state index is -0.254. The molecule has 1 aliphatic heterocycles. The van der Waals surface area contributed by atoms with Gasteiger partial charge in [-0.3, -0.25) is 4.90 Å². The zero-order valence-electron chi connectivity index (χ0n) is 22.8. The van der Waals surface area contributed by atoms with Gasteiger partial charge in [0.1, 0.15) is 30.2 Å². The summed E-state index contributed by atoms with van der Waals surface area (Å²) in [7, 11) is 3.92. The van der Waals surface area contributed by atoms with Crippen LogP contribution in [0, 0.1) is 0 Å². The minimum Gasteiger partial charge on any atom is -0.492 e. The molecule has 3 heterocycles. The predicted octanol–water partition coefficient (Wildman–Crippen LogP) is 2.46. The fourth-order valence-electron chi connectivity index (χ4n) is 4.44. The Morgan fingerprint density at radius 2 is 1.82 bits per heavy atom. The number of carbonyl (C=O) groups is 1. The van der Waals surface area contributed by atoms with E-state index in [1.165, 1.54) is 6.33 Å². The molecular formula is C28H35N9O3. The van der Waals surface area contributed by atoms with Crippen LogP contribution in [0.2, 0.25) is 0 Å². The molecule has 40 heavy (non-hydrogen) atoms. The van der Waals surface area contributed by atoms with Crippen molar-refractivity contribution in [3.63, 3.8) is 0 Å². The Morgan fingerprint density at radius 1 is 1.07 bits per heavy atom. The number of aromatic nitrogens is 4. The van der Waals surface area contributed by atoms with Gasteiger partial charge in [-0.15, -0.1) is 0 Å². The van der Waals surface area contributed by atoms with Crippen LogP contribution in [0.1, 0.15) is 0 Å². The number of hydrogen-bond acceptors (Lipinski definition) is 9. The normalized spacial score (nSPS) is 14.0. The minimum absolute atomic E-state index is 0.254. The molecule has 1 saturated heterocycles. The van der Waals surface area contributed by atoms with E-state index in [0.29, 0.717) is 41.4 Å². The summed E-state index contributed by atoms with van der Waals surface area (Å²) in [6, 6.07) is 14.9. The van der Waals surface area contributed by atoms with Gasteiger partial charge in [0.15, 0.2) is 5.65 Å². The van der Waals surface area contributed by atoms with Crippen molar-refractivity contribution in [2.24, 2.45) is 0 Å². The van der Waals surface area contributed by atoms with Crippen molar-refractivity contribution in [3.05, 3.63) is 54.9 Å². The number of amides is 2. The summed E-state index contributed by atoms with van der Waals surface area (Å²) in [6.07, 6.45) is 1.43. The van der Waals surface area contributed by atoms with E-state index in [0.717, 1.165) is 56.4 Å². The van der Waals surface area contributed by atoms with E-state index in [1.54, 1.807) is 4.68 Å². The summed E-state index contributed by atoms with van der Waals surface area (Å²) < 4.78 is 13.1. The molecule has 2 amide bonds. The van der Waals surface area contributed by atoms with Gasteiger partial charge in [0.05, 0.1) is 24.3 Å². The molecule has 0 atom stereocenters. The van der Waals surface area contributed by atoms with Crippen molar-refractivity contribution in [2.45, 2.75) is 0 Å². The summed E-state index contributed by atoms with van der Waals surface area (Å²) >= 11 is 0. The van der Waals surface area contributed by atoms with E-state index in [2.05, 4.69) is 25.5 Å². The van der Waals surface area contributed by atoms with E-state index in [9.17, 15) is 4.79 Å². The van der Waals surface area contributed by atoms with Gasteiger partial charge in [0.25, 0.3) is 0 Å². The molecule has 4 N–H and O–H groups in total. The largest absolute Gasteiger partial charge is 0.492 e. The Bertz CT molecular complexity index is 1420. The molecule has 0 radical (unpaired) electrons. The highest BCUT2D eigenvalue weighted by atomic mass is 16.5. The molecule has 0 saturated carbocycles. The lowest BCUT2D eigenvalue weighted by molar-refractivity contribution is 0.0322. The molecule has 12 heteroatoms. The maximum atomic E-state index is 12.2. The van der Waals surface area contributed by atoms with Crippen LogP contribution in [0.25, 0.3) is 28.0 Å². The first-order chi connectivity index (χ1) is 19.5. The number of ether oxygens (including phenoxy) is 2. The van der Waals surface area contributed by atoms with Crippen LogP contribution in [0.5, 0.6) is 5.75 Å². The number of fused-ring (bicyclic) bond motifs is 1. The highest BCUT2D eigenvalue weighted by molar-refractivity contribution is 5.99. The first-order valence-corrected chi connectivity index (χ1v) is 13.3. The van der Waals surface area contributed by atoms with Gasteiger partial charge >= 0.3 is 6.03 Å². The van der Waals surface area contributed by atoms with Crippen molar-refractivity contribution >= 4 is 28.6 Å². The lowest BCUT2D eigenvalue weighted by Gasteiger charge is -2.26. The second-order valence-electron chi connectivity index (χ2n) is 9.78. The van der Waals surface area contributed by atoms with Gasteiger partial charge < -0.3 is 30.7 Å². The third-order valence-electron chi connectivity index (χ3n) is 6.62. The highest BCUT2D eigenvalue weighted by Gasteiger charge is 2.18. The number of nitrogens with two attached hydrogens (primary N) is 1. The third kappa shape index (κ3) is 6.65. The number of nitrogen functional groups attached to an aromatic ring is 1. The van der Waals surface area contributed by atoms with E-state index in [-0.39, 0.29) is 6.03 Å². The highest BCUT2D eigenvalue weighted by Crippen LogP contribution is 2.32. The fourth-order valence-corrected chi connectivity index (χ4v) is 4.44. The summed E-state index contributed by atoms with van der Waals surface area (Å²) in [5.41, 5.74) is 9.87. The van der Waals surface area contributed by atoms with Gasteiger partial charge in [0.2, 0.25) is 0 Å². The molecule has 2 aromatic carbocycles. The van der Waals surface area contributed by atoms with Crippen molar-refractivity contribution in [1.29, 1.82) is 0 Å². The number of rotatable bonds is 10. The molecule has 1 aliphatic rings. The van der Waals surface area contributed by atoms with Crippen molar-refractivity contribution in [2.75, 3.05) is 77.7 Å². The average molecular weight is 546 g/mol. The van der Waals surface area contributed by atoms with Crippen molar-refractivity contribution in [3.8, 4) is 22.7 Å². The van der Waals surface area contributed by atoms with Crippen LogP contribution >= 0.6 is 0 Å². The molecule has 0 bridgehead atoms. The van der Waals surface area contributed by atoms with Crippen LogP contribution in [-0.2, 0) is 4.74 Å². The molecule has 5 rings (SSSR count). The Hall–Kier alpha value is -4.26. The first kappa shape index (κ1) is 27.3. The average Bonchev–Trinajstić information content (AvgIpc) is 3.35. The van der Waals surface area contributed by atoms with E-state index < -0.39 is 0 Å². The smallest absolute Gasteiger partial charge is 0.319 e. The van der Waals surface area contributed by atoms with Crippen LogP contribution in [0.4, 0.5) is 16.3 Å². The zero-order valence-corrected chi connectivity index (χ0v) is 22.8. The van der Waals surface area contributed by atoms with Crippen LogP contribution < -0.4 is 21.1 Å². The van der Waals surface area contributed by atoms with E-state index in [4.69, 9.17) is 20.3 Å². The Balaban J connectivity index is 1.30. The number of hydrogen-bond donors (Lipinski definition) is 3. The number of anilines is 2. The predicted molar refractivity (Wildman–Crippen MR) is 155 cm³/mol. The zero-order chi connectivity index (χ0) is 27.9. The maximum Gasteiger partial charge on any atom is 0.319 e. The monoisotopic (exact) mass is 545 g/mol. The summed E-state index contributed by atoms with van der Waals surface area (Å²) in [5, 5.41) is 11.2. The van der Waals surface area contributed by atoms with Gasteiger partial charge in [-0.2, -0.15) is 5.10 Å². The number of nitrogens with zero attached hydrogens (tertiary/aromatic N) is 6. The third-order valence-corrected chi connectivity index (χ3v) is 6.62. The molecule has 1 fully saturated rings. The van der Waals surface area contributed by atoms with Gasteiger partial charge in [-0.05, 0) is 62.6 Å². The standard InChI is InChI=1S/C28H35N9O3/c1-35(2)12-11-30-28(38)33-21-5-7-22(8-6-21)37-27-24(26(29)31-19-32-27)25(34-37)20-3-9-23(10-4-20)40-18-15-36-13-16-39-17-14-36/h3-10,19H,11-18H2,1-2H3,(H2,29,31,32)(H2,30,33,38). The number of morpholine rings is 1. The van der Waals surface area contributed by atoms with Crippen LogP contribution in [-0.4, -0.2) is 102 Å². The number of urea groups is 1. The molecule has 0 spiro atoms. The fraction of sp³-hybridized carbons (Fsp3) is 0.357. The van der Waals surface area contributed by atoms with Crippen molar-refractivity contribution in [1.82, 2.24) is 34.9 Å². The van der Waals surface area contributed by atoms with Gasteiger partial charge in [-0.1, -0.05) is 0 Å². The first-order valence-electron chi connectivity index (χ1n) is 13.3. The second kappa shape index (κ2) is 12.7. The molecule has 2 aromatic heterocycles. The van der Waals surface area contributed by atoms with Gasteiger partial charge in [0, 0.05) is 44.0 Å². The van der Waals surface area contributed by atoms with E-state index in [1.807, 2.05) is 67.5 Å². The molecule has 4 aromatic rings. The van der Waals surface area contributed by atoms with Crippen molar-refractivity contribution < 1.29 is 14.3 Å². The Labute approximate surface area is 233 Å². The SMILES string of the molecule is CN(C)CCNC(=O)Nc1ccc(-n2nc(-c3ccc(OCCN4CCOCC4)cc3)c3c(N)ncnc32)cc1. The lowest BCUT2D eigenvalue weighted by atomic mass is 10.1. The Morgan fingerprint density at radius 3 is 2.55 bits per heavy atom. The lowest BCUT2D eigenvalue weighted by Crippen LogP contribution is -2.38. The molecule has 210 valence electrons. The number of likely N-dealkylation sites (N-methyl/N-ethyl adjacent to an activating group) is 1. The van der Waals surface area contributed by atoms with Gasteiger partial charge in [-0.25, -0.2) is 19.4 Å². The quantitative estimate of drug-likeness (QED) is 0.275. The number of nitrogens with one attached hydrogen (secondary N) is 2. The molecule has 0 unspecified atom stereocenters. The molecule has 0 aliphatic carbocycles. The van der Waals surface area contributed by atoms with Crippen LogP contribution in [0.15, 0.2) is 54.9 Å². The topological polar surface area (TPSA) is 136 Å². The number of benzene rings is 2. The summed E-state index contributed by atoms with van der Waals surface area (Å²) in [4.78, 5) is 25.2.